The molecule has 0 N–H and O–H groups in total. The van der Waals surface area contributed by atoms with Gasteiger partial charge in [-0.1, -0.05) is 47.0 Å². The summed E-state index contributed by atoms with van der Waals surface area (Å²) in [6.07, 6.45) is 1.77. The molecule has 0 saturated heterocycles. The van der Waals surface area contributed by atoms with E-state index in [0.717, 1.165) is 27.5 Å². The molecular formula is C21H14Cl2N6S. The van der Waals surface area contributed by atoms with Gasteiger partial charge in [0.25, 0.3) is 0 Å². The number of aryl methyl sites for hydroxylation is 1. The average Bonchev–Trinajstić information content (AvgIpc) is 3.50. The Labute approximate surface area is 186 Å². The number of hydrogen-bond donors (Lipinski definition) is 0. The van der Waals surface area contributed by atoms with Crippen LogP contribution in [0.1, 0.15) is 5.56 Å². The Morgan fingerprint density at radius 1 is 0.900 bits per heavy atom. The van der Waals surface area contributed by atoms with Gasteiger partial charge in [0.2, 0.25) is 0 Å². The van der Waals surface area contributed by atoms with Crippen LogP contribution >= 0.6 is 34.5 Å². The van der Waals surface area contributed by atoms with Gasteiger partial charge in [-0.3, -0.25) is 0 Å². The lowest BCUT2D eigenvalue weighted by Gasteiger charge is -2.10. The topological polar surface area (TPSA) is 61.4 Å². The fourth-order valence-electron chi connectivity index (χ4n) is 3.19. The van der Waals surface area contributed by atoms with Crippen molar-refractivity contribution in [3.8, 4) is 33.3 Å². The van der Waals surface area contributed by atoms with Crippen LogP contribution in [0.5, 0.6) is 0 Å². The molecule has 30 heavy (non-hydrogen) atoms. The normalized spacial score (nSPS) is 11.2. The molecule has 0 bridgehead atoms. The number of aromatic nitrogens is 6. The first-order chi connectivity index (χ1) is 14.6. The molecule has 0 unspecified atom stereocenters. The Kier molecular flexibility index (Phi) is 4.86. The third-order valence-corrected chi connectivity index (χ3v) is 6.28. The Morgan fingerprint density at radius 2 is 1.70 bits per heavy atom. The summed E-state index contributed by atoms with van der Waals surface area (Å²) in [6.45, 7) is 2.04. The van der Waals surface area contributed by atoms with Gasteiger partial charge in [-0.2, -0.15) is 9.78 Å². The molecular weight excluding hydrogens is 439 g/mol. The summed E-state index contributed by atoms with van der Waals surface area (Å²) < 4.78 is 3.55. The van der Waals surface area contributed by atoms with E-state index in [4.69, 9.17) is 23.2 Å². The molecule has 0 atom stereocenters. The second kappa shape index (κ2) is 7.68. The third-order valence-electron chi connectivity index (χ3n) is 4.66. The van der Waals surface area contributed by atoms with Crippen molar-refractivity contribution >= 4 is 34.5 Å². The van der Waals surface area contributed by atoms with Crippen LogP contribution in [0.25, 0.3) is 33.3 Å². The number of benzene rings is 2. The van der Waals surface area contributed by atoms with E-state index in [9.17, 15) is 0 Å². The quantitative estimate of drug-likeness (QED) is 0.342. The van der Waals surface area contributed by atoms with E-state index in [2.05, 4.69) is 20.6 Å². The Balaban J connectivity index is 1.71. The second-order valence-electron chi connectivity index (χ2n) is 6.64. The first-order valence-electron chi connectivity index (χ1n) is 9.05. The van der Waals surface area contributed by atoms with Crippen molar-refractivity contribution in [2.24, 2.45) is 0 Å². The van der Waals surface area contributed by atoms with E-state index in [1.165, 1.54) is 5.56 Å². The van der Waals surface area contributed by atoms with Crippen molar-refractivity contribution in [1.29, 1.82) is 0 Å². The minimum Gasteiger partial charge on any atom is -0.231 e. The van der Waals surface area contributed by atoms with Crippen molar-refractivity contribution in [3.63, 3.8) is 0 Å². The molecule has 148 valence electrons. The number of tetrazole rings is 1. The molecule has 3 heterocycles. The maximum absolute atomic E-state index is 6.26. The number of nitrogens with zero attached hydrogens (tertiary/aromatic N) is 6. The molecule has 0 fully saturated rings. The molecule has 0 spiro atoms. The van der Waals surface area contributed by atoms with E-state index in [1.54, 1.807) is 34.3 Å². The summed E-state index contributed by atoms with van der Waals surface area (Å²) >= 11 is 14.0. The number of thiophene rings is 1. The first kappa shape index (κ1) is 19.0. The fourth-order valence-corrected chi connectivity index (χ4v) is 4.25. The molecule has 0 aliphatic rings. The summed E-state index contributed by atoms with van der Waals surface area (Å²) in [5, 5.41) is 20.0. The van der Waals surface area contributed by atoms with E-state index >= 15 is 0 Å². The van der Waals surface area contributed by atoms with E-state index in [0.29, 0.717) is 15.9 Å². The van der Waals surface area contributed by atoms with Crippen molar-refractivity contribution in [3.05, 3.63) is 81.8 Å². The van der Waals surface area contributed by atoms with Crippen molar-refractivity contribution < 1.29 is 0 Å². The number of halogens is 2. The van der Waals surface area contributed by atoms with Crippen LogP contribution in [0.4, 0.5) is 0 Å². The van der Waals surface area contributed by atoms with Crippen molar-refractivity contribution in [1.82, 2.24) is 30.0 Å². The zero-order valence-corrected chi connectivity index (χ0v) is 18.0. The van der Waals surface area contributed by atoms with Gasteiger partial charge < -0.3 is 0 Å². The molecule has 6 nitrogen and oxygen atoms in total. The molecule has 9 heteroatoms. The molecule has 2 aromatic carbocycles. The zero-order valence-electron chi connectivity index (χ0n) is 15.7. The monoisotopic (exact) mass is 452 g/mol. The summed E-state index contributed by atoms with van der Waals surface area (Å²) in [6, 6.07) is 17.5. The van der Waals surface area contributed by atoms with E-state index in [-0.39, 0.29) is 0 Å². The van der Waals surface area contributed by atoms with Gasteiger partial charge in [0, 0.05) is 0 Å². The maximum Gasteiger partial charge on any atom is 0.190 e. The van der Waals surface area contributed by atoms with E-state index in [1.807, 2.05) is 59.5 Å². The van der Waals surface area contributed by atoms with Crippen LogP contribution in [0.15, 0.2) is 66.2 Å². The minimum absolute atomic E-state index is 0.466. The van der Waals surface area contributed by atoms with Gasteiger partial charge >= 0.3 is 0 Å². The highest BCUT2D eigenvalue weighted by atomic mass is 35.5. The summed E-state index contributed by atoms with van der Waals surface area (Å²) in [7, 11) is 0. The van der Waals surface area contributed by atoms with Gasteiger partial charge in [-0.15, -0.1) is 16.4 Å². The predicted molar refractivity (Wildman–Crippen MR) is 120 cm³/mol. The highest BCUT2D eigenvalue weighted by Gasteiger charge is 2.22. The summed E-state index contributed by atoms with van der Waals surface area (Å²) in [5.41, 5.74) is 4.54. The molecule has 5 aromatic rings. The lowest BCUT2D eigenvalue weighted by Crippen LogP contribution is -2.02. The van der Waals surface area contributed by atoms with Gasteiger partial charge in [-0.05, 0) is 59.1 Å². The van der Waals surface area contributed by atoms with Crippen molar-refractivity contribution in [2.75, 3.05) is 0 Å². The Morgan fingerprint density at radius 3 is 2.43 bits per heavy atom. The zero-order chi connectivity index (χ0) is 20.7. The Bertz CT molecular complexity index is 1320. The Hall–Kier alpha value is -3.00. The molecule has 0 aliphatic heterocycles. The van der Waals surface area contributed by atoms with Crippen LogP contribution in [0, 0.1) is 6.92 Å². The highest BCUT2D eigenvalue weighted by molar-refractivity contribution is 7.13. The molecule has 5 rings (SSSR count). The minimum atomic E-state index is 0.466. The van der Waals surface area contributed by atoms with Crippen LogP contribution in [-0.2, 0) is 0 Å². The highest BCUT2D eigenvalue weighted by Crippen LogP contribution is 2.36. The van der Waals surface area contributed by atoms with Gasteiger partial charge in [0.15, 0.2) is 5.82 Å². The predicted octanol–water partition coefficient (Wildman–Crippen LogP) is 5.86. The molecule has 3 aromatic heterocycles. The number of rotatable bonds is 4. The number of hydrogen-bond acceptors (Lipinski definition) is 5. The third kappa shape index (κ3) is 3.31. The van der Waals surface area contributed by atoms with Crippen LogP contribution in [0.2, 0.25) is 10.0 Å². The summed E-state index contributed by atoms with van der Waals surface area (Å²) in [4.78, 5) is 1.03. The molecule has 0 aliphatic carbocycles. The van der Waals surface area contributed by atoms with Gasteiger partial charge in [0.05, 0.1) is 43.8 Å². The van der Waals surface area contributed by atoms with Gasteiger partial charge in [-0.25, -0.2) is 4.68 Å². The van der Waals surface area contributed by atoms with Crippen LogP contribution in [-0.4, -0.2) is 30.0 Å². The van der Waals surface area contributed by atoms with E-state index < -0.39 is 0 Å². The summed E-state index contributed by atoms with van der Waals surface area (Å²) in [5.74, 6) is 0.605. The van der Waals surface area contributed by atoms with Gasteiger partial charge in [0.1, 0.15) is 0 Å². The van der Waals surface area contributed by atoms with Crippen molar-refractivity contribution in [2.45, 2.75) is 6.92 Å². The second-order valence-corrected chi connectivity index (χ2v) is 8.41. The maximum atomic E-state index is 6.26. The molecule has 0 amide bonds. The lowest BCUT2D eigenvalue weighted by molar-refractivity contribution is 0.791. The standard InChI is InChI=1S/C21H14Cl2N6S/c1-13-4-6-14(7-5-13)29-21(25-26-27-29)16-12-24-28(20(16)19-3-2-10-30-19)15-8-9-17(22)18(23)11-15/h2-12H,1H3. The largest absolute Gasteiger partial charge is 0.231 e. The molecule has 0 saturated carbocycles. The fraction of sp³-hybridized carbons (Fsp3) is 0.0476. The SMILES string of the molecule is Cc1ccc(-n2nnnc2-c2cnn(-c3ccc(Cl)c(Cl)c3)c2-c2cccs2)cc1. The lowest BCUT2D eigenvalue weighted by atomic mass is 10.2. The first-order valence-corrected chi connectivity index (χ1v) is 10.7. The smallest absolute Gasteiger partial charge is 0.190 e. The van der Waals surface area contributed by atoms with Crippen LogP contribution in [0.3, 0.4) is 0 Å². The van der Waals surface area contributed by atoms with Crippen LogP contribution < -0.4 is 0 Å². The molecule has 0 radical (unpaired) electrons. The average molecular weight is 453 g/mol.